The molecule has 0 aromatic heterocycles. The molecular formula is C77H145N9O34P2. The Morgan fingerprint density at radius 2 is 0.598 bits per heavy atom. The molecule has 3 rings (SSSR count). The van der Waals surface area contributed by atoms with Crippen molar-refractivity contribution >= 4 is 68.8 Å². The fraction of sp³-hybridized carbons (Fsp3) is 0.883. The van der Waals surface area contributed by atoms with E-state index in [1.54, 1.807) is 0 Å². The third-order valence-corrected chi connectivity index (χ3v) is 21.4. The number of unbranched alkanes of at least 4 members (excludes halogenated alkanes) is 12. The number of phosphoric ester groups is 2. The predicted molar refractivity (Wildman–Crippen MR) is 436 cm³/mol. The van der Waals surface area contributed by atoms with E-state index in [0.29, 0.717) is 129 Å². The number of ether oxygens (including phenoxy) is 7. The normalized spacial score (nSPS) is 23.7. The summed E-state index contributed by atoms with van der Waals surface area (Å²) in [4.78, 5) is 138. The maximum absolute atomic E-state index is 13.7. The van der Waals surface area contributed by atoms with Crippen LogP contribution in [0.2, 0.25) is 0 Å². The lowest BCUT2D eigenvalue weighted by molar-refractivity contribution is -0.270. The van der Waals surface area contributed by atoms with Gasteiger partial charge < -0.3 is 141 Å². The molecule has 3 saturated heterocycles. The Hall–Kier alpha value is -5.23. The molecule has 0 saturated carbocycles. The molecule has 45 heteroatoms. The van der Waals surface area contributed by atoms with Crippen LogP contribution in [-0.4, -0.2) is 366 Å². The zero-order valence-corrected chi connectivity index (χ0v) is 73.9. The van der Waals surface area contributed by atoms with Crippen molar-refractivity contribution in [2.24, 2.45) is 5.92 Å². The highest BCUT2D eigenvalue weighted by Crippen LogP contribution is 2.44. The number of carbonyl (C=O) groups is 9. The summed E-state index contributed by atoms with van der Waals surface area (Å²) in [5.74, 6) is -2.35. The highest BCUT2D eigenvalue weighted by Gasteiger charge is 2.48. The Morgan fingerprint density at radius 1 is 0.352 bits per heavy atom. The maximum atomic E-state index is 13.7. The van der Waals surface area contributed by atoms with Gasteiger partial charge in [-0.3, -0.25) is 61.2 Å². The molecule has 0 spiro atoms. The number of amides is 9. The van der Waals surface area contributed by atoms with Crippen molar-refractivity contribution in [3.8, 4) is 0 Å². The van der Waals surface area contributed by atoms with E-state index >= 15 is 0 Å². The molecule has 3 fully saturated rings. The second-order valence-corrected chi connectivity index (χ2v) is 33.6. The molecular weight excluding hydrogens is 1660 g/mol. The van der Waals surface area contributed by atoms with E-state index in [-0.39, 0.29) is 140 Å². The third kappa shape index (κ3) is 49.2. The second-order valence-electron chi connectivity index (χ2n) is 30.7. The number of nitrogens with one attached hydrogen (secondary N) is 6. The zero-order valence-electron chi connectivity index (χ0n) is 72.1. The lowest BCUT2D eigenvalue weighted by Gasteiger charge is -2.42. The number of carbonyl (C=O) groups excluding carboxylic acids is 9. The van der Waals surface area contributed by atoms with Gasteiger partial charge in [-0.25, -0.2) is 9.13 Å². The first-order chi connectivity index (χ1) is 58.0. The minimum Gasteiger partial charge on any atom is -0.395 e. The van der Waals surface area contributed by atoms with Crippen LogP contribution in [0, 0.1) is 5.92 Å². The molecule has 0 aromatic rings. The Bertz CT molecular complexity index is 3040. The molecule has 9 amide bonds. The lowest BCUT2D eigenvalue weighted by Crippen LogP contribution is -2.64. The van der Waals surface area contributed by atoms with E-state index in [4.69, 9.17) is 51.3 Å². The smallest absolute Gasteiger partial charge is 0.395 e. The minimum absolute atomic E-state index is 0.0542. The van der Waals surface area contributed by atoms with Crippen LogP contribution in [0.25, 0.3) is 0 Å². The Morgan fingerprint density at radius 3 is 0.844 bits per heavy atom. The van der Waals surface area contributed by atoms with E-state index in [1.807, 2.05) is 0 Å². The fourth-order valence-electron chi connectivity index (χ4n) is 12.8. The summed E-state index contributed by atoms with van der Waals surface area (Å²) >= 11 is 0. The molecule has 712 valence electrons. The number of nitrogens with zero attached hydrogens (tertiary/aromatic N) is 3. The van der Waals surface area contributed by atoms with Crippen molar-refractivity contribution in [3.63, 3.8) is 0 Å². The van der Waals surface area contributed by atoms with Crippen molar-refractivity contribution in [1.29, 1.82) is 0 Å². The number of rotatable bonds is 66. The molecule has 3 aliphatic rings. The molecule has 122 heavy (non-hydrogen) atoms. The van der Waals surface area contributed by atoms with Crippen LogP contribution in [0.5, 0.6) is 0 Å². The number of aliphatic hydroxyl groups is 10. The van der Waals surface area contributed by atoms with Gasteiger partial charge in [0.15, 0.2) is 18.9 Å². The van der Waals surface area contributed by atoms with Gasteiger partial charge in [-0.1, -0.05) is 59.3 Å². The number of hydrogen-bond acceptors (Lipinski definition) is 32. The van der Waals surface area contributed by atoms with Crippen molar-refractivity contribution in [2.45, 2.75) is 288 Å². The maximum Gasteiger partial charge on any atom is 0.472 e. The van der Waals surface area contributed by atoms with Crippen LogP contribution in [0.1, 0.15) is 196 Å². The number of hydrogen-bond donors (Lipinski definition) is 18. The standard InChI is InChI=1S/C73H135N9O34P2.C4H10/c1-50(87)77-62-68(99)65(96)53(47-84)114-71(62)107-39-20-8-11-23-56(90)74-29-17-5-14-26-59(93)80(32-38-83)34-43-110-117(102,103)112-45-36-82(61(95)28-16-7-19-31-76-58(92)25-13-10-22-41-109-73-64(79-52(3)89)70(101)67(98)55(49-86)116-73)37-46-113-118(104,105)111-44-35-81(33-42-106-4)60(94)27-15-6-18-30-75-57(91)24-12-9-21-40-108-72-63(78-51(2)88)69(100)66(97)54(48-85)115-72;1-4(2)3/h53-55,62-73,83-86,96-101H,5-49H2,1-4H3,(H,74,90)(H,75,91)(H,76,92)(H,77,87)(H,78,88)(H,79,89)(H,102,103)(H,104,105);4H,1-3H3. The van der Waals surface area contributed by atoms with Crippen molar-refractivity contribution in [3.05, 3.63) is 0 Å². The van der Waals surface area contributed by atoms with Crippen LogP contribution in [0.4, 0.5) is 0 Å². The quantitative estimate of drug-likeness (QED) is 0.0247. The largest absolute Gasteiger partial charge is 0.472 e. The first-order valence-corrected chi connectivity index (χ1v) is 45.5. The van der Waals surface area contributed by atoms with Crippen molar-refractivity contribution in [1.82, 2.24) is 46.6 Å². The summed E-state index contributed by atoms with van der Waals surface area (Å²) in [5, 5.41) is 116. The van der Waals surface area contributed by atoms with Crippen molar-refractivity contribution in [2.75, 3.05) is 145 Å². The first-order valence-electron chi connectivity index (χ1n) is 42.6. The van der Waals surface area contributed by atoms with Crippen LogP contribution in [0.3, 0.4) is 0 Å². The number of phosphoric acid groups is 2. The van der Waals surface area contributed by atoms with Gasteiger partial charge in [-0.15, -0.1) is 0 Å². The molecule has 17 atom stereocenters. The molecule has 3 heterocycles. The van der Waals surface area contributed by atoms with Crippen LogP contribution >= 0.6 is 15.6 Å². The summed E-state index contributed by atoms with van der Waals surface area (Å²) in [6.07, 6.45) is -5.40. The SMILES string of the molecule is CC(C)C.COCCN(CCOP(=O)(O)OCCN(CCOP(=O)(O)OCCN(CCO)C(=O)CCCCCNC(=O)CCCCCOC1OC(CO)C(O)C(O)C1NC(C)=O)C(=O)CCCCCNC(=O)CCCCCOC1OC(CO)C(O)C(O)C1NC(C)=O)C(=O)CCCCCNC(=O)CCCCCOC1OC(CO)C(O)C(O)C1NC(C)=O. The van der Waals surface area contributed by atoms with Gasteiger partial charge in [0.05, 0.1) is 59.5 Å². The Balaban J connectivity index is 0.0000123. The summed E-state index contributed by atoms with van der Waals surface area (Å²) in [7, 11) is -8.25. The van der Waals surface area contributed by atoms with Gasteiger partial charge in [0, 0.05) is 145 Å². The van der Waals surface area contributed by atoms with E-state index in [1.165, 1.54) is 42.6 Å². The van der Waals surface area contributed by atoms with E-state index in [2.05, 4.69) is 52.7 Å². The summed E-state index contributed by atoms with van der Waals surface area (Å²) in [6.45, 7) is 6.50. The molecule has 0 radical (unpaired) electrons. The summed E-state index contributed by atoms with van der Waals surface area (Å²) in [5.41, 5.74) is 0. The van der Waals surface area contributed by atoms with Crippen LogP contribution in [-0.2, 0) is 104 Å². The Kier molecular flexibility index (Phi) is 60.4. The molecule has 0 bridgehead atoms. The monoisotopic (exact) mass is 1800 g/mol. The van der Waals surface area contributed by atoms with Gasteiger partial charge >= 0.3 is 15.6 Å². The number of aliphatic hydroxyl groups excluding tert-OH is 10. The van der Waals surface area contributed by atoms with Gasteiger partial charge in [0.2, 0.25) is 53.2 Å². The summed E-state index contributed by atoms with van der Waals surface area (Å²) in [6, 6.07) is -3.21. The summed E-state index contributed by atoms with van der Waals surface area (Å²) < 4.78 is 86.1. The van der Waals surface area contributed by atoms with E-state index in [9.17, 15) is 113 Å². The Labute approximate surface area is 715 Å². The second kappa shape index (κ2) is 65.3. The highest BCUT2D eigenvalue weighted by molar-refractivity contribution is 7.47. The van der Waals surface area contributed by atoms with E-state index in [0.717, 1.165) is 5.92 Å². The average Bonchev–Trinajstić information content (AvgIpc) is 0.817. The van der Waals surface area contributed by atoms with Gasteiger partial charge in [0.1, 0.15) is 73.1 Å². The molecule has 3 aliphatic heterocycles. The molecule has 0 aliphatic carbocycles. The fourth-order valence-corrected chi connectivity index (χ4v) is 14.2. The van der Waals surface area contributed by atoms with Gasteiger partial charge in [-0.05, 0) is 83.0 Å². The highest BCUT2D eigenvalue weighted by atomic mass is 31.2. The molecule has 0 aromatic carbocycles. The predicted octanol–water partition coefficient (Wildman–Crippen LogP) is -1.37. The minimum atomic E-state index is -4.85. The average molecular weight is 1800 g/mol. The van der Waals surface area contributed by atoms with Gasteiger partial charge in [-0.2, -0.15) is 0 Å². The van der Waals surface area contributed by atoms with Crippen LogP contribution in [0.15, 0.2) is 0 Å². The zero-order chi connectivity index (χ0) is 91.0. The number of methoxy groups -OCH3 is 1. The van der Waals surface area contributed by atoms with Gasteiger partial charge in [0.25, 0.3) is 0 Å². The topological polar surface area (TPSA) is 614 Å². The molecule has 17 unspecified atom stereocenters. The van der Waals surface area contributed by atoms with E-state index < -0.39 is 184 Å². The molecule has 18 N–H and O–H groups in total. The third-order valence-electron chi connectivity index (χ3n) is 19.4. The van der Waals surface area contributed by atoms with Crippen molar-refractivity contribution < 1.29 is 164 Å². The first kappa shape index (κ1) is 113. The van der Waals surface area contributed by atoms with Crippen LogP contribution < -0.4 is 31.9 Å². The molecule has 43 nitrogen and oxygen atoms in total. The lowest BCUT2D eigenvalue weighted by atomic mass is 9.97.